The maximum Gasteiger partial charge on any atom is 0.228 e. The molecular formula is C16H30N2O. The molecule has 3 heteroatoms. The molecule has 2 fully saturated rings. The Balaban J connectivity index is 1.92. The molecule has 19 heavy (non-hydrogen) atoms. The Labute approximate surface area is 118 Å². The lowest BCUT2D eigenvalue weighted by Gasteiger charge is -2.41. The van der Waals surface area contributed by atoms with Crippen LogP contribution in [0.1, 0.15) is 64.7 Å². The predicted molar refractivity (Wildman–Crippen MR) is 79.1 cm³/mol. The fourth-order valence-corrected chi connectivity index (χ4v) is 3.89. The van der Waals surface area contributed by atoms with Crippen molar-refractivity contribution in [2.75, 3.05) is 14.1 Å². The molecule has 0 saturated heterocycles. The third kappa shape index (κ3) is 3.31. The lowest BCUT2D eigenvalue weighted by atomic mass is 9.74. The Kier molecular flexibility index (Phi) is 4.88. The molecule has 2 saturated carbocycles. The summed E-state index contributed by atoms with van der Waals surface area (Å²) in [5.41, 5.74) is -0.0765. The Morgan fingerprint density at radius 1 is 1.11 bits per heavy atom. The topological polar surface area (TPSA) is 32.3 Å². The molecule has 0 aromatic carbocycles. The van der Waals surface area contributed by atoms with E-state index in [1.165, 1.54) is 32.1 Å². The highest BCUT2D eigenvalue weighted by Gasteiger charge is 2.38. The van der Waals surface area contributed by atoms with Crippen LogP contribution in [0, 0.1) is 5.41 Å². The molecule has 1 N–H and O–H groups in total. The van der Waals surface area contributed by atoms with E-state index in [1.807, 2.05) is 14.1 Å². The van der Waals surface area contributed by atoms with E-state index in [0.29, 0.717) is 18.0 Å². The normalized spacial score (nSPS) is 30.9. The van der Waals surface area contributed by atoms with Gasteiger partial charge in [-0.25, -0.2) is 0 Å². The standard InChI is InChI=1S/C16H30N2O/c1-16(11-5-4-6-12-16)15(19)18(3)14-9-7-13(17-2)8-10-14/h13-14,17H,4-12H2,1-3H3. The highest BCUT2D eigenvalue weighted by Crippen LogP contribution is 2.38. The molecule has 0 unspecified atom stereocenters. The predicted octanol–water partition coefficient (Wildman–Crippen LogP) is 2.95. The van der Waals surface area contributed by atoms with Gasteiger partial charge in [0.05, 0.1) is 0 Å². The van der Waals surface area contributed by atoms with Crippen molar-refractivity contribution in [3.8, 4) is 0 Å². The van der Waals surface area contributed by atoms with Crippen molar-refractivity contribution in [1.29, 1.82) is 0 Å². The first-order valence-electron chi connectivity index (χ1n) is 8.01. The summed E-state index contributed by atoms with van der Waals surface area (Å²) in [6, 6.07) is 1.13. The van der Waals surface area contributed by atoms with Crippen LogP contribution in [0.2, 0.25) is 0 Å². The van der Waals surface area contributed by atoms with Crippen molar-refractivity contribution in [2.24, 2.45) is 5.41 Å². The summed E-state index contributed by atoms with van der Waals surface area (Å²) in [5, 5.41) is 3.36. The molecule has 0 atom stereocenters. The Bertz CT molecular complexity index is 302. The van der Waals surface area contributed by atoms with Gasteiger partial charge in [0.25, 0.3) is 0 Å². The van der Waals surface area contributed by atoms with Crippen LogP contribution in [0.4, 0.5) is 0 Å². The van der Waals surface area contributed by atoms with Gasteiger partial charge >= 0.3 is 0 Å². The Hall–Kier alpha value is -0.570. The summed E-state index contributed by atoms with van der Waals surface area (Å²) in [4.78, 5) is 14.9. The minimum atomic E-state index is -0.0765. The molecule has 0 aromatic rings. The van der Waals surface area contributed by atoms with E-state index >= 15 is 0 Å². The van der Waals surface area contributed by atoms with Crippen molar-refractivity contribution in [3.05, 3.63) is 0 Å². The SMILES string of the molecule is CNC1CCC(N(C)C(=O)C2(C)CCCCC2)CC1. The molecule has 0 bridgehead atoms. The average molecular weight is 266 g/mol. The van der Waals surface area contributed by atoms with Crippen LogP contribution in [0.15, 0.2) is 0 Å². The van der Waals surface area contributed by atoms with Gasteiger partial charge in [0.2, 0.25) is 5.91 Å². The molecule has 3 nitrogen and oxygen atoms in total. The van der Waals surface area contributed by atoms with Crippen LogP contribution >= 0.6 is 0 Å². The minimum Gasteiger partial charge on any atom is -0.342 e. The summed E-state index contributed by atoms with van der Waals surface area (Å²) >= 11 is 0. The third-order valence-corrected chi connectivity index (χ3v) is 5.45. The summed E-state index contributed by atoms with van der Waals surface area (Å²) in [6.07, 6.45) is 10.6. The van der Waals surface area contributed by atoms with Crippen molar-refractivity contribution >= 4 is 5.91 Å². The van der Waals surface area contributed by atoms with Gasteiger partial charge in [-0.3, -0.25) is 4.79 Å². The molecule has 2 rings (SSSR count). The van der Waals surface area contributed by atoms with Crippen LogP contribution in [0.5, 0.6) is 0 Å². The zero-order valence-electron chi connectivity index (χ0n) is 12.9. The summed E-state index contributed by atoms with van der Waals surface area (Å²) in [7, 11) is 4.08. The van der Waals surface area contributed by atoms with Gasteiger partial charge in [-0.2, -0.15) is 0 Å². The molecule has 1 amide bonds. The second kappa shape index (κ2) is 6.25. The van der Waals surface area contributed by atoms with Crippen molar-refractivity contribution < 1.29 is 4.79 Å². The number of nitrogens with one attached hydrogen (secondary N) is 1. The molecule has 2 aliphatic rings. The van der Waals surface area contributed by atoms with E-state index in [-0.39, 0.29) is 5.41 Å². The molecule has 0 aliphatic heterocycles. The highest BCUT2D eigenvalue weighted by molar-refractivity contribution is 5.82. The first-order valence-corrected chi connectivity index (χ1v) is 8.01. The van der Waals surface area contributed by atoms with E-state index in [4.69, 9.17) is 0 Å². The summed E-state index contributed by atoms with van der Waals surface area (Å²) in [6.45, 7) is 2.18. The quantitative estimate of drug-likeness (QED) is 0.852. The van der Waals surface area contributed by atoms with Crippen LogP contribution < -0.4 is 5.32 Å². The number of hydrogen-bond donors (Lipinski definition) is 1. The molecule has 0 aromatic heterocycles. The third-order valence-electron chi connectivity index (χ3n) is 5.45. The van der Waals surface area contributed by atoms with E-state index < -0.39 is 0 Å². The largest absolute Gasteiger partial charge is 0.342 e. The van der Waals surface area contributed by atoms with Gasteiger partial charge in [-0.1, -0.05) is 26.2 Å². The number of carbonyl (C=O) groups is 1. The summed E-state index contributed by atoms with van der Waals surface area (Å²) in [5.74, 6) is 0.403. The van der Waals surface area contributed by atoms with Gasteiger partial charge in [-0.05, 0) is 45.6 Å². The van der Waals surface area contributed by atoms with Gasteiger partial charge in [0, 0.05) is 24.5 Å². The van der Waals surface area contributed by atoms with Crippen LogP contribution in [0.25, 0.3) is 0 Å². The maximum atomic E-state index is 12.8. The molecular weight excluding hydrogens is 236 g/mol. The fraction of sp³-hybridized carbons (Fsp3) is 0.938. The van der Waals surface area contributed by atoms with Crippen LogP contribution in [-0.4, -0.2) is 37.0 Å². The number of rotatable bonds is 3. The number of amides is 1. The molecule has 0 heterocycles. The van der Waals surface area contributed by atoms with Crippen LogP contribution in [0.3, 0.4) is 0 Å². The molecule has 2 aliphatic carbocycles. The Morgan fingerprint density at radius 3 is 2.21 bits per heavy atom. The highest BCUT2D eigenvalue weighted by atomic mass is 16.2. The van der Waals surface area contributed by atoms with Gasteiger partial charge < -0.3 is 10.2 Å². The lowest BCUT2D eigenvalue weighted by molar-refractivity contribution is -0.144. The van der Waals surface area contributed by atoms with E-state index in [0.717, 1.165) is 25.7 Å². The van der Waals surface area contributed by atoms with Crippen molar-refractivity contribution in [3.63, 3.8) is 0 Å². The Morgan fingerprint density at radius 2 is 1.68 bits per heavy atom. The second-order valence-electron chi connectivity index (χ2n) is 6.83. The second-order valence-corrected chi connectivity index (χ2v) is 6.83. The zero-order valence-corrected chi connectivity index (χ0v) is 12.9. The van der Waals surface area contributed by atoms with E-state index in [2.05, 4.69) is 17.1 Å². The first-order chi connectivity index (χ1) is 9.07. The zero-order chi connectivity index (χ0) is 13.9. The molecule has 0 radical (unpaired) electrons. The molecule has 110 valence electrons. The fourth-order valence-electron chi connectivity index (χ4n) is 3.89. The number of carbonyl (C=O) groups excluding carboxylic acids is 1. The van der Waals surface area contributed by atoms with Gasteiger partial charge in [-0.15, -0.1) is 0 Å². The summed E-state index contributed by atoms with van der Waals surface area (Å²) < 4.78 is 0. The van der Waals surface area contributed by atoms with Crippen LogP contribution in [-0.2, 0) is 4.79 Å². The smallest absolute Gasteiger partial charge is 0.228 e. The number of hydrogen-bond acceptors (Lipinski definition) is 2. The van der Waals surface area contributed by atoms with E-state index in [9.17, 15) is 4.79 Å². The van der Waals surface area contributed by atoms with E-state index in [1.54, 1.807) is 0 Å². The number of nitrogens with zero attached hydrogens (tertiary/aromatic N) is 1. The van der Waals surface area contributed by atoms with Gasteiger partial charge in [0.15, 0.2) is 0 Å². The lowest BCUT2D eigenvalue weighted by Crippen LogP contribution is -2.48. The monoisotopic (exact) mass is 266 g/mol. The maximum absolute atomic E-state index is 12.8. The van der Waals surface area contributed by atoms with Gasteiger partial charge in [0.1, 0.15) is 0 Å². The van der Waals surface area contributed by atoms with Crippen molar-refractivity contribution in [2.45, 2.75) is 76.8 Å². The first kappa shape index (κ1) is 14.8. The molecule has 0 spiro atoms. The average Bonchev–Trinajstić information content (AvgIpc) is 2.46. The minimum absolute atomic E-state index is 0.0765. The van der Waals surface area contributed by atoms with Crippen molar-refractivity contribution in [1.82, 2.24) is 10.2 Å².